The van der Waals surface area contributed by atoms with Crippen molar-refractivity contribution in [3.63, 3.8) is 0 Å². The Morgan fingerprint density at radius 3 is 2.29 bits per heavy atom. The van der Waals surface area contributed by atoms with Gasteiger partial charge in [-0.1, -0.05) is 29.8 Å². The van der Waals surface area contributed by atoms with Crippen LogP contribution in [0.15, 0.2) is 36.4 Å². The molecule has 0 fully saturated rings. The van der Waals surface area contributed by atoms with Gasteiger partial charge in [-0.25, -0.2) is 4.79 Å². The maximum Gasteiger partial charge on any atom is 0.337 e. The number of halogens is 2. The number of rotatable bonds is 4. The van der Waals surface area contributed by atoms with Gasteiger partial charge >= 0.3 is 5.97 Å². The van der Waals surface area contributed by atoms with E-state index < -0.39 is 12.3 Å². The summed E-state index contributed by atoms with van der Waals surface area (Å²) in [6.07, 6.45) is -1.17. The fourth-order valence-corrected chi connectivity index (χ4v) is 4.39. The summed E-state index contributed by atoms with van der Waals surface area (Å²) in [5, 5.41) is 30.5. The molecular weight excluding hydrogens is 489 g/mol. The van der Waals surface area contributed by atoms with Crippen molar-refractivity contribution in [1.82, 2.24) is 0 Å². The van der Waals surface area contributed by atoms with Gasteiger partial charge < -0.3 is 25.4 Å². The highest BCUT2D eigenvalue weighted by molar-refractivity contribution is 6.37. The number of carbonyl (C=O) groups is 1. The van der Waals surface area contributed by atoms with Crippen LogP contribution in [0.2, 0.25) is 10.0 Å². The largest absolute Gasteiger partial charge is 0.478 e. The van der Waals surface area contributed by atoms with E-state index in [1.54, 1.807) is 6.07 Å². The zero-order valence-corrected chi connectivity index (χ0v) is 21.4. The molecule has 1 aliphatic rings. The highest BCUT2D eigenvalue weighted by atomic mass is 35.5. The number of carboxylic acid groups (broad SMARTS) is 1. The normalized spacial score (nSPS) is 11.7. The van der Waals surface area contributed by atoms with Crippen LogP contribution in [-0.4, -0.2) is 34.1 Å². The summed E-state index contributed by atoms with van der Waals surface area (Å²) in [5.74, 6) is 0.0625. The molecule has 0 aliphatic carbocycles. The van der Waals surface area contributed by atoms with Gasteiger partial charge in [0.1, 0.15) is 17.8 Å². The fourth-order valence-electron chi connectivity index (χ4n) is 3.90. The summed E-state index contributed by atoms with van der Waals surface area (Å²) in [7, 11) is 0. The molecular formula is C27H27Cl2NO5. The second-order valence-corrected chi connectivity index (χ2v) is 8.98. The Labute approximate surface area is 213 Å². The number of hydrogen-bond acceptors (Lipinski definition) is 5. The van der Waals surface area contributed by atoms with Crippen LogP contribution in [0.5, 0.6) is 11.5 Å². The number of aryl methyl sites for hydroxylation is 2. The number of ether oxygens (including phenoxy) is 1. The predicted molar refractivity (Wildman–Crippen MR) is 140 cm³/mol. The summed E-state index contributed by atoms with van der Waals surface area (Å²) < 4.78 is 6.25. The van der Waals surface area contributed by atoms with Gasteiger partial charge in [-0.3, -0.25) is 0 Å². The van der Waals surface area contributed by atoms with Crippen LogP contribution in [0.4, 0.5) is 5.69 Å². The molecule has 3 aromatic rings. The second-order valence-electron chi connectivity index (χ2n) is 8.16. The van der Waals surface area contributed by atoms with Crippen LogP contribution < -0.4 is 20.5 Å². The quantitative estimate of drug-likeness (QED) is 0.291. The highest BCUT2D eigenvalue weighted by Gasteiger charge is 2.28. The molecule has 4 rings (SSSR count). The third kappa shape index (κ3) is 5.46. The summed E-state index contributed by atoms with van der Waals surface area (Å²) in [5.41, 5.74) is 4.68. The van der Waals surface area contributed by atoms with Gasteiger partial charge in [-0.2, -0.15) is 0 Å². The van der Waals surface area contributed by atoms with Gasteiger partial charge in [0, 0.05) is 45.2 Å². The van der Waals surface area contributed by atoms with Crippen LogP contribution in [0.25, 0.3) is 12.2 Å². The minimum atomic E-state index is -1.17. The van der Waals surface area contributed by atoms with Crippen LogP contribution in [0.3, 0.4) is 0 Å². The topological polar surface area (TPSA) is 99.0 Å². The Hall–Kier alpha value is -3.03. The van der Waals surface area contributed by atoms with Crippen molar-refractivity contribution < 1.29 is 24.9 Å². The second kappa shape index (κ2) is 10.7. The molecule has 0 aromatic heterocycles. The molecule has 6 nitrogen and oxygen atoms in total. The fraction of sp³-hybridized carbons (Fsp3) is 0.222. The van der Waals surface area contributed by atoms with Gasteiger partial charge in [-0.15, -0.1) is 0 Å². The maximum absolute atomic E-state index is 12.2. The molecule has 0 spiro atoms. The van der Waals surface area contributed by atoms with Crippen molar-refractivity contribution in [2.45, 2.75) is 34.0 Å². The van der Waals surface area contributed by atoms with Gasteiger partial charge in [0.05, 0.1) is 10.6 Å². The maximum atomic E-state index is 12.2. The smallest absolute Gasteiger partial charge is 0.337 e. The molecule has 0 amide bonds. The monoisotopic (exact) mass is 515 g/mol. The zero-order chi connectivity index (χ0) is 26.0. The molecule has 0 bridgehead atoms. The van der Waals surface area contributed by atoms with Gasteiger partial charge in [0.25, 0.3) is 0 Å². The summed E-state index contributed by atoms with van der Waals surface area (Å²) in [4.78, 5) is 12.2. The number of aliphatic hydroxyl groups is 2. The number of fused-ring (bicyclic) bond motifs is 2. The number of anilines is 1. The van der Waals surface area contributed by atoms with E-state index in [9.17, 15) is 9.90 Å². The molecule has 4 N–H and O–H groups in total. The van der Waals surface area contributed by atoms with Crippen LogP contribution in [0.1, 0.15) is 46.5 Å². The number of carboxylic acids is 1. The number of aliphatic hydroxyl groups excluding tert-OH is 1. The van der Waals surface area contributed by atoms with Gasteiger partial charge in [0.2, 0.25) is 0 Å². The van der Waals surface area contributed by atoms with E-state index in [-0.39, 0.29) is 10.6 Å². The predicted octanol–water partition coefficient (Wildman–Crippen LogP) is 4.82. The van der Waals surface area contributed by atoms with E-state index >= 15 is 0 Å². The lowest BCUT2D eigenvalue weighted by atomic mass is 9.88. The number of aromatic carboxylic acids is 1. The van der Waals surface area contributed by atoms with E-state index in [2.05, 4.69) is 11.9 Å². The third-order valence-corrected chi connectivity index (χ3v) is 6.09. The van der Waals surface area contributed by atoms with Gasteiger partial charge in [-0.05, 0) is 74.4 Å². The van der Waals surface area contributed by atoms with Crippen molar-refractivity contribution in [2.24, 2.45) is 0 Å². The Balaban J connectivity index is 0.000000795. The molecule has 1 heterocycles. The molecule has 3 aromatic carbocycles. The summed E-state index contributed by atoms with van der Waals surface area (Å²) >= 11 is 12.9. The molecule has 1 aliphatic heterocycles. The summed E-state index contributed by atoms with van der Waals surface area (Å²) in [6.45, 7) is 12.1. The number of benzene rings is 3. The van der Waals surface area contributed by atoms with E-state index in [4.69, 9.17) is 38.2 Å². The molecule has 0 unspecified atom stereocenters. The Kier molecular flexibility index (Phi) is 8.13. The molecule has 0 saturated heterocycles. The number of hydrogen-bond donors (Lipinski definition) is 4. The Morgan fingerprint density at radius 2 is 1.69 bits per heavy atom. The van der Waals surface area contributed by atoms with E-state index in [0.29, 0.717) is 27.7 Å². The first-order valence-electron chi connectivity index (χ1n) is 10.9. The highest BCUT2D eigenvalue weighted by Crippen LogP contribution is 2.43. The van der Waals surface area contributed by atoms with Crippen LogP contribution in [0, 0.1) is 13.8 Å². The minimum absolute atomic E-state index is 0.0345. The first-order valence-corrected chi connectivity index (χ1v) is 11.7. The zero-order valence-electron chi connectivity index (χ0n) is 19.9. The Morgan fingerprint density at radius 1 is 1.06 bits per heavy atom. The number of nitrogens with one attached hydrogen (secondary N) is 1. The van der Waals surface area contributed by atoms with E-state index in [1.165, 1.54) is 13.0 Å². The van der Waals surface area contributed by atoms with E-state index in [0.717, 1.165) is 39.4 Å². The average Bonchev–Trinajstić information content (AvgIpc) is 2.75. The third-order valence-electron chi connectivity index (χ3n) is 5.46. The molecule has 0 atom stereocenters. The van der Waals surface area contributed by atoms with E-state index in [1.807, 2.05) is 45.0 Å². The molecule has 0 radical (unpaired) electrons. The summed E-state index contributed by atoms with van der Waals surface area (Å²) in [6, 6.07) is 10.9. The van der Waals surface area contributed by atoms with Crippen molar-refractivity contribution in [3.05, 3.63) is 84.7 Å². The molecule has 8 heteroatoms. The molecule has 184 valence electrons. The van der Waals surface area contributed by atoms with Crippen LogP contribution >= 0.6 is 23.2 Å². The molecule has 0 saturated carbocycles. The molecule has 35 heavy (non-hydrogen) atoms. The standard InChI is InChI=1S/C25H21Cl2NO3.C2H6O2/c1-5-28-19-11-21-16(9-14(19)4)22(15-8-12(2)13(3)10-20(15)31-21)23-17(26)6-7-18(27)24(23)25(29)30;1-2(3)4/h6-11,28H,3,5H2,1-2,4H3,(H,29,30);2-4H,1H3. The lowest BCUT2D eigenvalue weighted by Gasteiger charge is -2.25. The van der Waals surface area contributed by atoms with Crippen molar-refractivity contribution in [2.75, 3.05) is 11.9 Å². The first-order chi connectivity index (χ1) is 16.5. The van der Waals surface area contributed by atoms with Crippen molar-refractivity contribution in [3.8, 4) is 11.5 Å². The minimum Gasteiger partial charge on any atom is -0.478 e. The van der Waals surface area contributed by atoms with Crippen molar-refractivity contribution >= 4 is 47.0 Å². The lowest BCUT2D eigenvalue weighted by Crippen LogP contribution is -2.23. The van der Waals surface area contributed by atoms with Crippen LogP contribution in [-0.2, 0) is 0 Å². The van der Waals surface area contributed by atoms with Gasteiger partial charge in [0.15, 0.2) is 0 Å². The first kappa shape index (κ1) is 26.6. The SMILES string of the molecule is C=c1cc2c(cc1C)=C(c1c(Cl)ccc(Cl)c1C(=O)O)c1cc(C)c(NCC)cc1O2.CC(O)O. The average molecular weight is 516 g/mol. The van der Waals surface area contributed by atoms with Crippen molar-refractivity contribution in [1.29, 1.82) is 0 Å². The Bertz CT molecular complexity index is 1410. The lowest BCUT2D eigenvalue weighted by molar-refractivity contribution is -0.0228.